The molecule has 2 N–H and O–H groups in total. The largest absolute Gasteiger partial charge is 0.352 e. The van der Waals surface area contributed by atoms with Crippen LogP contribution in [0.1, 0.15) is 31.9 Å². The van der Waals surface area contributed by atoms with Crippen LogP contribution in [0.4, 0.5) is 5.82 Å². The summed E-state index contributed by atoms with van der Waals surface area (Å²) in [6.07, 6.45) is 5.07. The number of nitrogens with two attached hydrogens (primary N) is 1. The van der Waals surface area contributed by atoms with Crippen LogP contribution in [0.2, 0.25) is 0 Å². The molecule has 0 saturated carbocycles. The number of rotatable bonds is 3. The van der Waals surface area contributed by atoms with Crippen molar-refractivity contribution in [2.24, 2.45) is 11.7 Å². The molecule has 6 nitrogen and oxygen atoms in total. The first kappa shape index (κ1) is 13.3. The molecule has 2 aromatic rings. The Morgan fingerprint density at radius 3 is 3.05 bits per heavy atom. The van der Waals surface area contributed by atoms with Gasteiger partial charge in [0.15, 0.2) is 0 Å². The lowest BCUT2D eigenvalue weighted by molar-refractivity contribution is 0.335. The van der Waals surface area contributed by atoms with Gasteiger partial charge in [0.05, 0.1) is 5.69 Å². The minimum absolute atomic E-state index is 0.334. The fourth-order valence-corrected chi connectivity index (χ4v) is 3.13. The van der Waals surface area contributed by atoms with E-state index in [2.05, 4.69) is 26.9 Å². The number of hydrogen-bond acceptors (Lipinski definition) is 6. The van der Waals surface area contributed by atoms with E-state index < -0.39 is 0 Å². The number of fused-ring (bicyclic) bond motifs is 1. The molecule has 2 atom stereocenters. The van der Waals surface area contributed by atoms with E-state index in [1.54, 1.807) is 6.33 Å². The predicted molar refractivity (Wildman–Crippen MR) is 77.5 cm³/mol. The van der Waals surface area contributed by atoms with Gasteiger partial charge in [0, 0.05) is 19.1 Å². The molecule has 0 radical (unpaired) electrons. The van der Waals surface area contributed by atoms with Gasteiger partial charge in [-0.25, -0.2) is 4.98 Å². The van der Waals surface area contributed by atoms with Crippen LogP contribution >= 0.6 is 0 Å². The van der Waals surface area contributed by atoms with E-state index in [1.807, 2.05) is 6.92 Å². The van der Waals surface area contributed by atoms with Crippen LogP contribution in [0, 0.1) is 12.8 Å². The number of hydrogen-bond donors (Lipinski definition) is 1. The summed E-state index contributed by atoms with van der Waals surface area (Å²) < 4.78 is 5.23. The predicted octanol–water partition coefficient (Wildman–Crippen LogP) is 1.88. The molecule has 1 aliphatic heterocycles. The Labute approximate surface area is 118 Å². The third-order valence-electron chi connectivity index (χ3n) is 4.37. The number of piperidine rings is 1. The molecule has 20 heavy (non-hydrogen) atoms. The molecule has 1 aliphatic rings. The SMILES string of the molecule is CCC1CCN(c2ncnc3onc(C)c23)C(CN)C1. The molecule has 1 saturated heterocycles. The van der Waals surface area contributed by atoms with Gasteiger partial charge in [0.2, 0.25) is 0 Å². The molecule has 3 heterocycles. The molecule has 6 heteroatoms. The fourth-order valence-electron chi connectivity index (χ4n) is 3.13. The van der Waals surface area contributed by atoms with E-state index in [4.69, 9.17) is 10.3 Å². The highest BCUT2D eigenvalue weighted by Crippen LogP contribution is 2.32. The molecule has 0 aliphatic carbocycles. The number of anilines is 1. The molecule has 0 bridgehead atoms. The highest BCUT2D eigenvalue weighted by Gasteiger charge is 2.29. The van der Waals surface area contributed by atoms with Crippen LogP contribution in [0.5, 0.6) is 0 Å². The van der Waals surface area contributed by atoms with Crippen molar-refractivity contribution in [1.82, 2.24) is 15.1 Å². The molecule has 0 spiro atoms. The lowest BCUT2D eigenvalue weighted by Crippen LogP contribution is -2.47. The third kappa shape index (κ3) is 2.14. The zero-order valence-corrected chi connectivity index (χ0v) is 12.0. The molecule has 0 aromatic carbocycles. The standard InChI is InChI=1S/C14H21N5O/c1-3-10-4-5-19(11(6-10)7-15)13-12-9(2)18-20-14(12)17-8-16-13/h8,10-11H,3-7,15H2,1-2H3. The van der Waals surface area contributed by atoms with Gasteiger partial charge in [-0.1, -0.05) is 18.5 Å². The average molecular weight is 275 g/mol. The van der Waals surface area contributed by atoms with Crippen molar-refractivity contribution in [3.05, 3.63) is 12.0 Å². The summed E-state index contributed by atoms with van der Waals surface area (Å²) in [5.74, 6) is 1.68. The first-order chi connectivity index (χ1) is 9.74. The average Bonchev–Trinajstić information content (AvgIpc) is 2.88. The molecular weight excluding hydrogens is 254 g/mol. The van der Waals surface area contributed by atoms with Crippen LogP contribution in [-0.2, 0) is 0 Å². The summed E-state index contributed by atoms with van der Waals surface area (Å²) in [7, 11) is 0. The second kappa shape index (κ2) is 5.36. The summed E-state index contributed by atoms with van der Waals surface area (Å²) in [5, 5.41) is 4.92. The third-order valence-corrected chi connectivity index (χ3v) is 4.37. The Kier molecular flexibility index (Phi) is 3.56. The topological polar surface area (TPSA) is 81.1 Å². The van der Waals surface area contributed by atoms with E-state index in [0.29, 0.717) is 18.3 Å². The Hall–Kier alpha value is -1.69. The fraction of sp³-hybridized carbons (Fsp3) is 0.643. The van der Waals surface area contributed by atoms with Crippen molar-refractivity contribution in [2.75, 3.05) is 18.0 Å². The lowest BCUT2D eigenvalue weighted by Gasteiger charge is -2.39. The van der Waals surface area contributed by atoms with Crippen LogP contribution in [0.25, 0.3) is 11.1 Å². The van der Waals surface area contributed by atoms with Crippen molar-refractivity contribution in [3.8, 4) is 0 Å². The molecule has 0 amide bonds. The lowest BCUT2D eigenvalue weighted by atomic mass is 9.89. The minimum Gasteiger partial charge on any atom is -0.352 e. The van der Waals surface area contributed by atoms with E-state index in [0.717, 1.165) is 35.8 Å². The maximum atomic E-state index is 5.98. The van der Waals surface area contributed by atoms with Crippen molar-refractivity contribution in [1.29, 1.82) is 0 Å². The molecule has 108 valence electrons. The van der Waals surface area contributed by atoms with Gasteiger partial charge in [-0.05, 0) is 25.7 Å². The van der Waals surface area contributed by atoms with E-state index in [1.165, 1.54) is 12.8 Å². The summed E-state index contributed by atoms with van der Waals surface area (Å²) in [4.78, 5) is 10.9. The van der Waals surface area contributed by atoms with Crippen molar-refractivity contribution < 1.29 is 4.52 Å². The van der Waals surface area contributed by atoms with Gasteiger partial charge in [-0.3, -0.25) is 0 Å². The Bertz CT molecular complexity index is 596. The number of nitrogens with zero attached hydrogens (tertiary/aromatic N) is 4. The minimum atomic E-state index is 0.334. The molecular formula is C14H21N5O. The Morgan fingerprint density at radius 2 is 2.30 bits per heavy atom. The van der Waals surface area contributed by atoms with Crippen molar-refractivity contribution in [2.45, 2.75) is 39.2 Å². The van der Waals surface area contributed by atoms with Crippen molar-refractivity contribution >= 4 is 16.9 Å². The van der Waals surface area contributed by atoms with E-state index >= 15 is 0 Å². The van der Waals surface area contributed by atoms with Crippen LogP contribution in [0.15, 0.2) is 10.9 Å². The quantitative estimate of drug-likeness (QED) is 0.921. The molecule has 1 fully saturated rings. The highest BCUT2D eigenvalue weighted by atomic mass is 16.5. The van der Waals surface area contributed by atoms with Gasteiger partial charge in [-0.2, -0.15) is 4.98 Å². The van der Waals surface area contributed by atoms with Gasteiger partial charge >= 0.3 is 0 Å². The zero-order chi connectivity index (χ0) is 14.1. The summed E-state index contributed by atoms with van der Waals surface area (Å²) in [6, 6.07) is 0.334. The number of aryl methyl sites for hydroxylation is 1. The summed E-state index contributed by atoms with van der Waals surface area (Å²) >= 11 is 0. The highest BCUT2D eigenvalue weighted by molar-refractivity contribution is 5.88. The Morgan fingerprint density at radius 1 is 1.45 bits per heavy atom. The van der Waals surface area contributed by atoms with Crippen molar-refractivity contribution in [3.63, 3.8) is 0 Å². The summed E-state index contributed by atoms with van der Waals surface area (Å²) in [6.45, 7) is 5.80. The first-order valence-corrected chi connectivity index (χ1v) is 7.28. The van der Waals surface area contributed by atoms with Crippen LogP contribution in [0.3, 0.4) is 0 Å². The second-order valence-electron chi connectivity index (χ2n) is 5.53. The van der Waals surface area contributed by atoms with Gasteiger partial charge in [0.1, 0.15) is 17.5 Å². The molecule has 2 unspecified atom stereocenters. The first-order valence-electron chi connectivity index (χ1n) is 7.28. The van der Waals surface area contributed by atoms with Crippen LogP contribution in [-0.4, -0.2) is 34.3 Å². The van der Waals surface area contributed by atoms with E-state index in [-0.39, 0.29) is 0 Å². The number of aromatic nitrogens is 3. The smallest absolute Gasteiger partial charge is 0.263 e. The normalized spacial score (nSPS) is 23.4. The second-order valence-corrected chi connectivity index (χ2v) is 5.53. The van der Waals surface area contributed by atoms with E-state index in [9.17, 15) is 0 Å². The van der Waals surface area contributed by atoms with Gasteiger partial charge in [0.25, 0.3) is 5.71 Å². The maximum Gasteiger partial charge on any atom is 0.263 e. The van der Waals surface area contributed by atoms with Crippen LogP contribution < -0.4 is 10.6 Å². The Balaban J connectivity index is 1.99. The monoisotopic (exact) mass is 275 g/mol. The zero-order valence-electron chi connectivity index (χ0n) is 12.0. The van der Waals surface area contributed by atoms with Gasteiger partial charge in [-0.15, -0.1) is 0 Å². The maximum absolute atomic E-state index is 5.98. The van der Waals surface area contributed by atoms with Gasteiger partial charge < -0.3 is 15.2 Å². The molecule has 3 rings (SSSR count). The summed E-state index contributed by atoms with van der Waals surface area (Å²) in [5.41, 5.74) is 7.37. The molecule has 2 aromatic heterocycles.